The summed E-state index contributed by atoms with van der Waals surface area (Å²) in [5, 5.41) is 5.71. The van der Waals surface area contributed by atoms with Gasteiger partial charge in [0.2, 0.25) is 5.91 Å². The van der Waals surface area contributed by atoms with Crippen LogP contribution in [0.2, 0.25) is 0 Å². The number of carbonyl (C=O) groups is 2. The van der Waals surface area contributed by atoms with Crippen molar-refractivity contribution in [3.8, 4) is 0 Å². The molecule has 2 atom stereocenters. The fourth-order valence-electron chi connectivity index (χ4n) is 2.73. The van der Waals surface area contributed by atoms with Crippen molar-refractivity contribution in [2.45, 2.75) is 25.4 Å². The van der Waals surface area contributed by atoms with Gasteiger partial charge < -0.3 is 15.1 Å². The SMILES string of the molecule is C[C@@H](NC(=O)[C@H](Cc1ccccc1)NC(=O)c1ccco1)c1cccnc1. The molecule has 0 fully saturated rings. The molecule has 0 saturated carbocycles. The number of amides is 2. The van der Waals surface area contributed by atoms with Crippen LogP contribution in [0.15, 0.2) is 77.7 Å². The van der Waals surface area contributed by atoms with Gasteiger partial charge in [0.25, 0.3) is 5.91 Å². The van der Waals surface area contributed by atoms with Crippen LogP contribution in [0.1, 0.15) is 34.6 Å². The first kappa shape index (κ1) is 18.4. The average molecular weight is 363 g/mol. The lowest BCUT2D eigenvalue weighted by atomic mass is 10.0. The first-order chi connectivity index (χ1) is 13.1. The van der Waals surface area contributed by atoms with E-state index in [-0.39, 0.29) is 17.7 Å². The van der Waals surface area contributed by atoms with E-state index >= 15 is 0 Å². The summed E-state index contributed by atoms with van der Waals surface area (Å²) in [6.07, 6.45) is 5.18. The Hall–Kier alpha value is -3.41. The lowest BCUT2D eigenvalue weighted by Crippen LogP contribution is -2.48. The van der Waals surface area contributed by atoms with Crippen LogP contribution in [0.4, 0.5) is 0 Å². The molecule has 0 aliphatic rings. The summed E-state index contributed by atoms with van der Waals surface area (Å²) >= 11 is 0. The van der Waals surface area contributed by atoms with Crippen LogP contribution in [0.25, 0.3) is 0 Å². The maximum atomic E-state index is 12.9. The molecule has 2 heterocycles. The molecule has 0 spiro atoms. The molecule has 27 heavy (non-hydrogen) atoms. The number of pyridine rings is 1. The Bertz CT molecular complexity index is 864. The van der Waals surface area contributed by atoms with E-state index in [1.54, 1.807) is 24.5 Å². The third kappa shape index (κ3) is 5.04. The summed E-state index contributed by atoms with van der Waals surface area (Å²) in [7, 11) is 0. The Balaban J connectivity index is 1.73. The molecular weight excluding hydrogens is 342 g/mol. The number of rotatable bonds is 7. The van der Waals surface area contributed by atoms with Crippen molar-refractivity contribution in [1.82, 2.24) is 15.6 Å². The van der Waals surface area contributed by atoms with E-state index in [1.807, 2.05) is 49.4 Å². The highest BCUT2D eigenvalue weighted by Gasteiger charge is 2.24. The number of nitrogens with one attached hydrogen (secondary N) is 2. The summed E-state index contributed by atoms with van der Waals surface area (Å²) < 4.78 is 5.12. The fraction of sp³-hybridized carbons (Fsp3) is 0.190. The highest BCUT2D eigenvalue weighted by Crippen LogP contribution is 2.12. The molecule has 0 radical (unpaired) electrons. The maximum absolute atomic E-state index is 12.9. The lowest BCUT2D eigenvalue weighted by molar-refractivity contribution is -0.123. The van der Waals surface area contributed by atoms with Crippen molar-refractivity contribution in [1.29, 1.82) is 0 Å². The van der Waals surface area contributed by atoms with E-state index in [1.165, 1.54) is 6.26 Å². The van der Waals surface area contributed by atoms with E-state index < -0.39 is 11.9 Å². The molecule has 0 aliphatic carbocycles. The van der Waals surface area contributed by atoms with Crippen molar-refractivity contribution < 1.29 is 14.0 Å². The molecule has 0 saturated heterocycles. The number of furan rings is 1. The third-order valence-corrected chi connectivity index (χ3v) is 4.19. The second-order valence-electron chi connectivity index (χ2n) is 6.21. The minimum Gasteiger partial charge on any atom is -0.459 e. The summed E-state index contributed by atoms with van der Waals surface area (Å²) in [5.74, 6) is -0.526. The van der Waals surface area contributed by atoms with Gasteiger partial charge in [0, 0.05) is 18.8 Å². The Kier molecular flexibility index (Phi) is 5.99. The number of nitrogens with zero attached hydrogens (tertiary/aromatic N) is 1. The molecule has 2 N–H and O–H groups in total. The first-order valence-corrected chi connectivity index (χ1v) is 8.72. The summed E-state index contributed by atoms with van der Waals surface area (Å²) in [6.45, 7) is 1.88. The van der Waals surface area contributed by atoms with Gasteiger partial charge >= 0.3 is 0 Å². The summed E-state index contributed by atoms with van der Waals surface area (Å²) in [5.41, 5.74) is 1.84. The monoisotopic (exact) mass is 363 g/mol. The lowest BCUT2D eigenvalue weighted by Gasteiger charge is -2.21. The maximum Gasteiger partial charge on any atom is 0.287 e. The summed E-state index contributed by atoms with van der Waals surface area (Å²) in [6, 6.07) is 15.5. The minimum absolute atomic E-state index is 0.168. The van der Waals surface area contributed by atoms with Gasteiger partial charge in [0.05, 0.1) is 12.3 Å². The number of hydrogen-bond acceptors (Lipinski definition) is 4. The Morgan fingerprint density at radius 1 is 1.04 bits per heavy atom. The number of benzene rings is 1. The second kappa shape index (κ2) is 8.80. The minimum atomic E-state index is -0.732. The van der Waals surface area contributed by atoms with Gasteiger partial charge in [-0.2, -0.15) is 0 Å². The molecule has 0 bridgehead atoms. The predicted octanol–water partition coefficient (Wildman–Crippen LogP) is 2.89. The van der Waals surface area contributed by atoms with Crippen LogP contribution in [-0.2, 0) is 11.2 Å². The van der Waals surface area contributed by atoms with Crippen molar-refractivity contribution in [3.63, 3.8) is 0 Å². The van der Waals surface area contributed by atoms with Crippen LogP contribution < -0.4 is 10.6 Å². The molecule has 2 aromatic heterocycles. The zero-order valence-electron chi connectivity index (χ0n) is 15.0. The Morgan fingerprint density at radius 3 is 2.52 bits per heavy atom. The van der Waals surface area contributed by atoms with Gasteiger partial charge in [-0.25, -0.2) is 0 Å². The van der Waals surface area contributed by atoms with Crippen LogP contribution in [0, 0.1) is 0 Å². The van der Waals surface area contributed by atoms with Crippen molar-refractivity contribution in [2.24, 2.45) is 0 Å². The van der Waals surface area contributed by atoms with Crippen LogP contribution in [0.3, 0.4) is 0 Å². The second-order valence-corrected chi connectivity index (χ2v) is 6.21. The predicted molar refractivity (Wildman–Crippen MR) is 101 cm³/mol. The van der Waals surface area contributed by atoms with Crippen LogP contribution >= 0.6 is 0 Å². The number of aromatic nitrogens is 1. The normalized spacial score (nSPS) is 12.8. The fourth-order valence-corrected chi connectivity index (χ4v) is 2.73. The quantitative estimate of drug-likeness (QED) is 0.676. The molecule has 1 aromatic carbocycles. The van der Waals surface area contributed by atoms with E-state index in [4.69, 9.17) is 4.42 Å². The van der Waals surface area contributed by atoms with E-state index in [0.717, 1.165) is 11.1 Å². The highest BCUT2D eigenvalue weighted by atomic mass is 16.3. The van der Waals surface area contributed by atoms with Crippen molar-refractivity contribution in [3.05, 3.63) is 90.1 Å². The van der Waals surface area contributed by atoms with Gasteiger partial charge in [-0.1, -0.05) is 36.4 Å². The van der Waals surface area contributed by atoms with Gasteiger partial charge in [-0.15, -0.1) is 0 Å². The molecule has 0 unspecified atom stereocenters. The molecule has 3 rings (SSSR count). The smallest absolute Gasteiger partial charge is 0.287 e. The first-order valence-electron chi connectivity index (χ1n) is 8.72. The van der Waals surface area contributed by atoms with E-state index in [0.29, 0.717) is 6.42 Å². The zero-order valence-corrected chi connectivity index (χ0v) is 15.0. The standard InChI is InChI=1S/C21H21N3O3/c1-15(17-9-5-11-22-14-17)23-20(25)18(13-16-7-3-2-4-8-16)24-21(26)19-10-6-12-27-19/h2-12,14-15,18H,13H2,1H3,(H,23,25)(H,24,26)/t15-,18+/m1/s1. The van der Waals surface area contributed by atoms with Gasteiger partial charge in [0.1, 0.15) is 6.04 Å². The number of hydrogen-bond donors (Lipinski definition) is 2. The molecule has 6 heteroatoms. The van der Waals surface area contributed by atoms with Gasteiger partial charge in [-0.05, 0) is 36.2 Å². The molecule has 3 aromatic rings. The topological polar surface area (TPSA) is 84.2 Å². The Morgan fingerprint density at radius 2 is 1.85 bits per heavy atom. The van der Waals surface area contributed by atoms with E-state index in [9.17, 15) is 9.59 Å². The molecule has 6 nitrogen and oxygen atoms in total. The molecule has 138 valence electrons. The van der Waals surface area contributed by atoms with Crippen molar-refractivity contribution in [2.75, 3.05) is 0 Å². The zero-order chi connectivity index (χ0) is 19.1. The molecule has 0 aliphatic heterocycles. The third-order valence-electron chi connectivity index (χ3n) is 4.19. The van der Waals surface area contributed by atoms with Crippen molar-refractivity contribution >= 4 is 11.8 Å². The molecular formula is C21H21N3O3. The Labute approximate surface area is 157 Å². The summed E-state index contributed by atoms with van der Waals surface area (Å²) in [4.78, 5) is 29.3. The van der Waals surface area contributed by atoms with Crippen LogP contribution in [0.5, 0.6) is 0 Å². The van der Waals surface area contributed by atoms with Gasteiger partial charge in [-0.3, -0.25) is 14.6 Å². The van der Waals surface area contributed by atoms with E-state index in [2.05, 4.69) is 15.6 Å². The average Bonchev–Trinajstić information content (AvgIpc) is 3.24. The largest absolute Gasteiger partial charge is 0.459 e. The highest BCUT2D eigenvalue weighted by molar-refractivity contribution is 5.95. The molecule has 2 amide bonds. The van der Waals surface area contributed by atoms with Gasteiger partial charge in [0.15, 0.2) is 5.76 Å². The van der Waals surface area contributed by atoms with Crippen LogP contribution in [-0.4, -0.2) is 22.8 Å². The number of carbonyl (C=O) groups excluding carboxylic acids is 2.